The summed E-state index contributed by atoms with van der Waals surface area (Å²) >= 11 is 7.04. The van der Waals surface area contributed by atoms with E-state index in [0.717, 1.165) is 0 Å². The van der Waals surface area contributed by atoms with Gasteiger partial charge in [0.15, 0.2) is 11.7 Å². The number of allylic oxidation sites excluding steroid dienone is 2. The second-order valence-corrected chi connectivity index (χ2v) is 8.92. The van der Waals surface area contributed by atoms with Gasteiger partial charge in [-0.1, -0.05) is 12.7 Å². The monoisotopic (exact) mass is 500 g/mol. The highest BCUT2D eigenvalue weighted by Crippen LogP contribution is 2.41. The van der Waals surface area contributed by atoms with Crippen LogP contribution < -0.4 is 21.4 Å². The Balaban J connectivity index is 1.77. The minimum Gasteiger partial charge on any atom is -0.319 e. The normalized spacial score (nSPS) is 18.4. The quantitative estimate of drug-likeness (QED) is 0.361. The van der Waals surface area contributed by atoms with E-state index in [4.69, 9.17) is 26.4 Å². The van der Waals surface area contributed by atoms with Crippen LogP contribution in [-0.2, 0) is 0 Å². The molecular weight excluding hydrogens is 488 g/mol. The Kier molecular flexibility index (Phi) is 4.21. The number of halogens is 4. The number of fused-ring (bicyclic) bond motifs is 7. The van der Waals surface area contributed by atoms with Gasteiger partial charge in [0, 0.05) is 32.3 Å². The minimum atomic E-state index is -0.935. The van der Waals surface area contributed by atoms with Gasteiger partial charge in [-0.05, 0) is 49.4 Å². The van der Waals surface area contributed by atoms with Gasteiger partial charge in [0.25, 0.3) is 0 Å². The third-order valence-corrected chi connectivity index (χ3v) is 6.90. The molecule has 0 atom stereocenters. The third kappa shape index (κ3) is 2.70. The molecule has 3 aliphatic rings. The van der Waals surface area contributed by atoms with Gasteiger partial charge >= 0.3 is 6.40 Å². The highest BCUT2D eigenvalue weighted by molar-refractivity contribution is 7.05. The maximum atomic E-state index is 14.5. The standard InChI is InChI=1S/C25H13BClF3N6/c1-3-12(28)8-17-11(2)22-32-21-18-9-13(29)4-6-15(18)20(31-21)33-25-19-10-14(30)5-7-16(19)23-34-24(17)35(22)26(27)36(23)25/h3-10H,2H2,1H3/b12-3+,17-8+,32-22+,33-20-. The van der Waals surface area contributed by atoms with Crippen LogP contribution in [0.5, 0.6) is 0 Å². The first-order chi connectivity index (χ1) is 17.4. The fraction of sp³-hybridized carbons (Fsp3) is 0.0400. The van der Waals surface area contributed by atoms with Crippen molar-refractivity contribution in [2.75, 3.05) is 0 Å². The average Bonchev–Trinajstić information content (AvgIpc) is 3.44. The molecule has 0 radical (unpaired) electrons. The van der Waals surface area contributed by atoms with Crippen LogP contribution in [0.2, 0.25) is 0 Å². The summed E-state index contributed by atoms with van der Waals surface area (Å²) in [6.45, 7) is 5.71. The van der Waals surface area contributed by atoms with E-state index < -0.39 is 23.9 Å². The van der Waals surface area contributed by atoms with Crippen LogP contribution in [0.25, 0.3) is 23.4 Å². The first kappa shape index (κ1) is 21.1. The summed E-state index contributed by atoms with van der Waals surface area (Å²) in [5.74, 6) is -0.160. The van der Waals surface area contributed by atoms with Crippen LogP contribution in [0.15, 0.2) is 68.3 Å². The van der Waals surface area contributed by atoms with Crippen LogP contribution >= 0.6 is 11.5 Å². The maximum Gasteiger partial charge on any atom is 0.499 e. The number of aliphatic imine (C=N–C) groups is 2. The van der Waals surface area contributed by atoms with Gasteiger partial charge in [-0.3, -0.25) is 0 Å². The number of aromatic nitrogens is 2. The lowest BCUT2D eigenvalue weighted by Crippen LogP contribution is -2.47. The Hall–Kier alpha value is -4.18. The molecule has 0 saturated heterocycles. The molecule has 4 bridgehead atoms. The lowest BCUT2D eigenvalue weighted by atomic mass is 10.1. The predicted molar refractivity (Wildman–Crippen MR) is 134 cm³/mol. The van der Waals surface area contributed by atoms with Crippen molar-refractivity contribution in [2.24, 2.45) is 20.0 Å². The Bertz CT molecular complexity index is 2040. The summed E-state index contributed by atoms with van der Waals surface area (Å²) in [6, 6.07) is 8.50. The summed E-state index contributed by atoms with van der Waals surface area (Å²) in [4.78, 5) is 18.9. The molecule has 2 aromatic carbocycles. The molecule has 4 aromatic rings. The Morgan fingerprint density at radius 2 is 1.61 bits per heavy atom. The van der Waals surface area contributed by atoms with Crippen molar-refractivity contribution in [2.45, 2.75) is 6.92 Å². The third-order valence-electron chi connectivity index (χ3n) is 6.51. The molecule has 174 valence electrons. The number of hydrogen-bond donors (Lipinski definition) is 0. The lowest BCUT2D eigenvalue weighted by molar-refractivity contribution is 0.627. The smallest absolute Gasteiger partial charge is 0.319 e. The van der Waals surface area contributed by atoms with Crippen LogP contribution in [0.4, 0.5) is 24.8 Å². The molecule has 5 heterocycles. The van der Waals surface area contributed by atoms with Crippen molar-refractivity contribution in [3.05, 3.63) is 92.5 Å². The molecule has 0 N–H and O–H groups in total. The second-order valence-electron chi connectivity index (χ2n) is 8.53. The fourth-order valence-corrected chi connectivity index (χ4v) is 5.20. The molecule has 0 amide bonds. The van der Waals surface area contributed by atoms with Crippen molar-refractivity contribution in [1.82, 2.24) is 8.96 Å². The van der Waals surface area contributed by atoms with Crippen LogP contribution in [0, 0.1) is 11.6 Å². The molecule has 7 rings (SSSR count). The molecule has 36 heavy (non-hydrogen) atoms. The topological polar surface area (TPSA) is 59.3 Å². The van der Waals surface area contributed by atoms with E-state index >= 15 is 0 Å². The second kappa shape index (κ2) is 7.17. The van der Waals surface area contributed by atoms with Gasteiger partial charge in [0.1, 0.15) is 40.1 Å². The van der Waals surface area contributed by atoms with E-state index in [-0.39, 0.29) is 11.7 Å². The van der Waals surface area contributed by atoms with Crippen LogP contribution in [-0.4, -0.2) is 27.0 Å². The summed E-state index contributed by atoms with van der Waals surface area (Å²) < 4.78 is 46.3. The van der Waals surface area contributed by atoms with Gasteiger partial charge in [0.05, 0.1) is 0 Å². The maximum absolute atomic E-state index is 14.5. The van der Waals surface area contributed by atoms with Crippen molar-refractivity contribution in [3.8, 4) is 0 Å². The number of nitrogens with zero attached hydrogens (tertiary/aromatic N) is 6. The first-order valence-corrected chi connectivity index (χ1v) is 11.4. The lowest BCUT2D eigenvalue weighted by Gasteiger charge is -2.18. The molecular formula is C25H13BClF3N6. The molecule has 0 saturated carbocycles. The molecule has 0 aliphatic carbocycles. The summed E-state index contributed by atoms with van der Waals surface area (Å²) in [5, 5.41) is 1.85. The van der Waals surface area contributed by atoms with Crippen molar-refractivity contribution in [1.29, 1.82) is 0 Å². The zero-order chi connectivity index (χ0) is 24.9. The van der Waals surface area contributed by atoms with E-state index in [9.17, 15) is 13.2 Å². The molecule has 0 unspecified atom stereocenters. The average molecular weight is 501 g/mol. The predicted octanol–water partition coefficient (Wildman–Crippen LogP) is 3.14. The van der Waals surface area contributed by atoms with E-state index in [0.29, 0.717) is 54.9 Å². The van der Waals surface area contributed by atoms with Crippen molar-refractivity contribution < 1.29 is 13.2 Å². The number of benzene rings is 2. The van der Waals surface area contributed by atoms with Crippen molar-refractivity contribution >= 4 is 64.6 Å². The van der Waals surface area contributed by atoms with Gasteiger partial charge in [-0.15, -0.1) is 11.5 Å². The van der Waals surface area contributed by atoms with Crippen molar-refractivity contribution in [3.63, 3.8) is 0 Å². The van der Waals surface area contributed by atoms with Gasteiger partial charge < -0.3 is 8.96 Å². The molecule has 6 nitrogen and oxygen atoms in total. The number of amidine groups is 2. The van der Waals surface area contributed by atoms with E-state index in [1.54, 1.807) is 28.0 Å². The fourth-order valence-electron chi connectivity index (χ4n) is 4.83. The zero-order valence-corrected chi connectivity index (χ0v) is 19.4. The summed E-state index contributed by atoms with van der Waals surface area (Å²) in [5.41, 5.74) is 1.63. The molecule has 0 fully saturated rings. The Labute approximate surface area is 206 Å². The van der Waals surface area contributed by atoms with Gasteiger partial charge in [0.2, 0.25) is 0 Å². The summed E-state index contributed by atoms with van der Waals surface area (Å²) in [7, 11) is 0. The largest absolute Gasteiger partial charge is 0.499 e. The first-order valence-electron chi connectivity index (χ1n) is 11.0. The van der Waals surface area contributed by atoms with E-state index in [2.05, 4.69) is 11.6 Å². The van der Waals surface area contributed by atoms with Gasteiger partial charge in [-0.25, -0.2) is 33.1 Å². The van der Waals surface area contributed by atoms with E-state index in [1.807, 2.05) is 0 Å². The minimum absolute atomic E-state index is 0.205. The number of rotatable bonds is 1. The Morgan fingerprint density at radius 3 is 2.42 bits per heavy atom. The zero-order valence-electron chi connectivity index (χ0n) is 18.6. The van der Waals surface area contributed by atoms with Crippen LogP contribution in [0.1, 0.15) is 18.1 Å². The van der Waals surface area contributed by atoms with E-state index in [1.165, 1.54) is 36.4 Å². The highest BCUT2D eigenvalue weighted by Gasteiger charge is 2.35. The molecule has 2 aromatic heterocycles. The van der Waals surface area contributed by atoms with Crippen LogP contribution in [0.3, 0.4) is 0 Å². The summed E-state index contributed by atoms with van der Waals surface area (Å²) in [6.07, 6.45) is 1.69. The SMILES string of the molecule is C=c1/c(=C\C(F)=C/C)c2n3/c1=N/C1=NC(=N\c4c5cc(F)ccc5c(n4B3Cl)N=2)/c2ccc(F)cc21. The van der Waals surface area contributed by atoms with Gasteiger partial charge in [-0.2, -0.15) is 0 Å². The molecule has 0 spiro atoms. The molecule has 11 heteroatoms. The highest BCUT2D eigenvalue weighted by atomic mass is 35.5. The Morgan fingerprint density at radius 1 is 0.889 bits per heavy atom. The molecule has 3 aliphatic heterocycles. The number of hydrogen-bond acceptors (Lipinski definition) is 4.